The number of hydrogen-bond acceptors (Lipinski definition) is 1. The molecule has 0 aliphatic heterocycles. The zero-order valence-electron chi connectivity index (χ0n) is 13.1. The van der Waals surface area contributed by atoms with E-state index in [9.17, 15) is 5.11 Å². The first-order valence-corrected chi connectivity index (χ1v) is 8.95. The van der Waals surface area contributed by atoms with Gasteiger partial charge in [0, 0.05) is 0 Å². The molecule has 2 fully saturated rings. The van der Waals surface area contributed by atoms with Gasteiger partial charge in [-0.15, -0.1) is 5.75 Å². The summed E-state index contributed by atoms with van der Waals surface area (Å²) < 4.78 is 0.937. The first-order valence-electron chi connectivity index (χ1n) is 8.05. The Balaban J connectivity index is 0.000000255. The number of fused-ring (bicyclic) bond motifs is 3. The van der Waals surface area contributed by atoms with Gasteiger partial charge in [-0.3, -0.25) is 0 Å². The summed E-state index contributed by atoms with van der Waals surface area (Å²) >= 11 is 2.48. The van der Waals surface area contributed by atoms with Gasteiger partial charge >= 0.3 is 98.3 Å². The predicted octanol–water partition coefficient (Wildman–Crippen LogP) is -1.73. The summed E-state index contributed by atoms with van der Waals surface area (Å²) in [5.74, 6) is 3.88. The van der Waals surface area contributed by atoms with Crippen molar-refractivity contribution in [2.24, 2.45) is 23.7 Å². The van der Waals surface area contributed by atoms with E-state index in [2.05, 4.69) is 44.7 Å². The zero-order valence-corrected chi connectivity index (χ0v) is 16.1. The van der Waals surface area contributed by atoms with Crippen LogP contribution in [0, 0.1) is 23.7 Å². The molecule has 4 rings (SSSR count). The van der Waals surface area contributed by atoms with E-state index in [1.165, 1.54) is 37.8 Å². The van der Waals surface area contributed by atoms with Crippen LogP contribution in [0.25, 0.3) is 0 Å². The first kappa shape index (κ1) is 20.8. The van der Waals surface area contributed by atoms with Crippen LogP contribution in [-0.4, -0.2) is 0 Å². The van der Waals surface area contributed by atoms with E-state index in [1.807, 2.05) is 6.07 Å². The van der Waals surface area contributed by atoms with Crippen LogP contribution < -0.4 is 29.9 Å². The molecule has 0 saturated heterocycles. The van der Waals surface area contributed by atoms with Crippen molar-refractivity contribution in [1.82, 2.24) is 0 Å². The van der Waals surface area contributed by atoms with Crippen LogP contribution in [0.4, 0.5) is 0 Å². The summed E-state index contributed by atoms with van der Waals surface area (Å²) in [6.45, 7) is 0. The van der Waals surface area contributed by atoms with Crippen LogP contribution in [0.2, 0.25) is 4.22 Å². The maximum absolute atomic E-state index is 10.3. The van der Waals surface area contributed by atoms with Gasteiger partial charge in [-0.05, 0) is 0 Å². The van der Waals surface area contributed by atoms with Crippen LogP contribution >= 0.6 is 0 Å². The average Bonchev–Trinajstić information content (AvgIpc) is 2.83. The molecule has 0 amide bonds. The molecule has 5 atom stereocenters. The average molecular weight is 385 g/mol. The van der Waals surface area contributed by atoms with Gasteiger partial charge in [0.15, 0.2) is 0 Å². The topological polar surface area (TPSA) is 23.1 Å². The van der Waals surface area contributed by atoms with Crippen molar-refractivity contribution >= 4 is 0 Å². The summed E-state index contributed by atoms with van der Waals surface area (Å²) in [6, 6.07) is 8.33. The van der Waals surface area contributed by atoms with Gasteiger partial charge < -0.3 is 29.9 Å². The summed E-state index contributed by atoms with van der Waals surface area (Å²) in [6.07, 6.45) is 15.4. The number of benzene rings is 1. The molecular weight excluding hydrogens is 363 g/mol. The third-order valence-corrected chi connectivity index (χ3v) is 6.48. The minimum absolute atomic E-state index is 0. The molecule has 3 aliphatic carbocycles. The normalized spacial score (nSPS) is 33.2. The molecule has 0 N–H and O–H groups in total. The van der Waals surface area contributed by atoms with Crippen molar-refractivity contribution in [3.8, 4) is 5.75 Å². The molecule has 1 aromatic rings. The Labute approximate surface area is 163 Å². The number of halogens is 2. The van der Waals surface area contributed by atoms with Crippen molar-refractivity contribution in [2.45, 2.75) is 29.9 Å². The van der Waals surface area contributed by atoms with Crippen molar-refractivity contribution in [1.29, 1.82) is 0 Å². The van der Waals surface area contributed by atoms with E-state index in [0.29, 0.717) is 0 Å². The van der Waals surface area contributed by atoms with Crippen molar-refractivity contribution in [2.75, 3.05) is 0 Å². The summed E-state index contributed by atoms with van der Waals surface area (Å²) in [4.78, 5) is 0. The summed E-state index contributed by atoms with van der Waals surface area (Å²) in [5.41, 5.74) is 0. The van der Waals surface area contributed by atoms with Crippen LogP contribution in [-0.2, 0) is 20.4 Å². The molecule has 3 aliphatic rings. The Hall–Kier alpha value is -0.206. The Morgan fingerprint density at radius 3 is 1.96 bits per heavy atom. The Kier molecular flexibility index (Phi) is 9.00. The quantitative estimate of drug-likeness (QED) is 0.487. The third-order valence-electron chi connectivity index (χ3n) is 5.21. The first-order chi connectivity index (χ1) is 10.3. The number of para-hydroxylation sites is 1. The van der Waals surface area contributed by atoms with Crippen LogP contribution in [0.3, 0.4) is 0 Å². The second-order valence-electron chi connectivity index (χ2n) is 6.38. The van der Waals surface area contributed by atoms with E-state index in [4.69, 9.17) is 0 Å². The molecular formula is C19H22Cl2OTi. The maximum atomic E-state index is 10.3. The van der Waals surface area contributed by atoms with E-state index >= 15 is 0 Å². The summed E-state index contributed by atoms with van der Waals surface area (Å²) in [5, 5.41) is 10.3. The van der Waals surface area contributed by atoms with Crippen molar-refractivity contribution in [3.05, 3.63) is 54.6 Å². The summed E-state index contributed by atoms with van der Waals surface area (Å²) in [7, 11) is 0. The van der Waals surface area contributed by atoms with Crippen LogP contribution in [0.15, 0.2) is 54.6 Å². The second kappa shape index (κ2) is 9.94. The number of hydrogen-bond donors (Lipinski definition) is 0. The van der Waals surface area contributed by atoms with Crippen molar-refractivity contribution in [3.63, 3.8) is 0 Å². The molecule has 0 radical (unpaired) electrons. The van der Waals surface area contributed by atoms with Gasteiger partial charge in [-0.2, -0.15) is 0 Å². The van der Waals surface area contributed by atoms with Gasteiger partial charge in [0.05, 0.1) is 0 Å². The van der Waals surface area contributed by atoms with Crippen LogP contribution in [0.5, 0.6) is 5.75 Å². The molecule has 4 heteroatoms. The SMILES string of the molecule is [Cl-].[Cl-].[O-]c1ccccc1.[Ti+3][CH]1C2C=CC=CC2C2CCCCC12. The molecule has 0 bridgehead atoms. The molecule has 0 spiro atoms. The Morgan fingerprint density at radius 2 is 1.39 bits per heavy atom. The molecule has 0 heterocycles. The predicted molar refractivity (Wildman–Crippen MR) is 80.3 cm³/mol. The standard InChI is InChI=1S/C13H17.C6H6O.2ClH.Ti/c1-3-7-12-10(5-1)9-11-6-2-4-8-13(11)12;7-6-4-2-1-3-5-6;;;/h1,3,5,7,9-13H,2,4,6,8H2;1-5,7H;2*1H;/q;;;;+3/p-3. The Bertz CT molecular complexity index is 517. The third kappa shape index (κ3) is 4.89. The fourth-order valence-corrected chi connectivity index (χ4v) is 5.41. The molecule has 5 unspecified atom stereocenters. The monoisotopic (exact) mass is 384 g/mol. The van der Waals surface area contributed by atoms with E-state index in [0.717, 1.165) is 27.9 Å². The molecule has 1 nitrogen and oxygen atoms in total. The van der Waals surface area contributed by atoms with Gasteiger partial charge in [-0.1, -0.05) is 30.3 Å². The number of rotatable bonds is 0. The van der Waals surface area contributed by atoms with E-state index in [1.54, 1.807) is 12.1 Å². The molecule has 1 aromatic carbocycles. The fourth-order valence-electron chi connectivity index (χ4n) is 4.25. The van der Waals surface area contributed by atoms with Crippen LogP contribution in [0.1, 0.15) is 25.7 Å². The molecule has 23 heavy (non-hydrogen) atoms. The van der Waals surface area contributed by atoms with Crippen molar-refractivity contribution < 1.29 is 50.4 Å². The minimum atomic E-state index is 0. The fraction of sp³-hybridized carbons (Fsp3) is 0.474. The van der Waals surface area contributed by atoms with Gasteiger partial charge in [0.25, 0.3) is 0 Å². The van der Waals surface area contributed by atoms with Gasteiger partial charge in [0.2, 0.25) is 0 Å². The Morgan fingerprint density at radius 1 is 0.826 bits per heavy atom. The van der Waals surface area contributed by atoms with E-state index in [-0.39, 0.29) is 30.6 Å². The molecule has 0 aromatic heterocycles. The molecule has 2 saturated carbocycles. The van der Waals surface area contributed by atoms with E-state index < -0.39 is 0 Å². The molecule has 122 valence electrons. The number of allylic oxidation sites excluding steroid dienone is 4. The van der Waals surface area contributed by atoms with Gasteiger partial charge in [-0.25, -0.2) is 0 Å². The zero-order chi connectivity index (χ0) is 14.7. The second-order valence-corrected chi connectivity index (χ2v) is 7.42. The van der Waals surface area contributed by atoms with Gasteiger partial charge in [0.1, 0.15) is 0 Å².